The van der Waals surface area contributed by atoms with Gasteiger partial charge >= 0.3 is 11.9 Å². The van der Waals surface area contributed by atoms with Crippen LogP contribution >= 0.6 is 0 Å². The lowest BCUT2D eigenvalue weighted by Gasteiger charge is -2.14. The van der Waals surface area contributed by atoms with Gasteiger partial charge in [0.1, 0.15) is 12.6 Å². The molecule has 0 unspecified atom stereocenters. The molecule has 0 aromatic heterocycles. The van der Waals surface area contributed by atoms with Gasteiger partial charge < -0.3 is 14.8 Å². The SMILES string of the molecule is COC(=O)[C@H](C/C=C/COC(C)=O)NC(=O)c1ccccc1. The average Bonchev–Trinajstić information content (AvgIpc) is 2.53. The Hall–Kier alpha value is -2.63. The maximum Gasteiger partial charge on any atom is 0.328 e. The van der Waals surface area contributed by atoms with E-state index in [2.05, 4.69) is 10.1 Å². The summed E-state index contributed by atoms with van der Waals surface area (Å²) in [7, 11) is 1.26. The minimum atomic E-state index is -0.800. The van der Waals surface area contributed by atoms with Crippen molar-refractivity contribution in [1.82, 2.24) is 5.32 Å². The summed E-state index contributed by atoms with van der Waals surface area (Å²) < 4.78 is 9.40. The Balaban J connectivity index is 2.59. The first-order valence-corrected chi connectivity index (χ1v) is 6.76. The fourth-order valence-corrected chi connectivity index (χ4v) is 1.65. The maximum absolute atomic E-state index is 12.0. The van der Waals surface area contributed by atoms with Crippen molar-refractivity contribution in [3.63, 3.8) is 0 Å². The van der Waals surface area contributed by atoms with Crippen LogP contribution in [0.1, 0.15) is 23.7 Å². The molecule has 0 saturated carbocycles. The van der Waals surface area contributed by atoms with Gasteiger partial charge in [-0.3, -0.25) is 9.59 Å². The standard InChI is InChI=1S/C16H19NO5/c1-12(18)22-11-7-6-10-14(16(20)21-2)17-15(19)13-8-4-3-5-9-13/h3-9,14H,10-11H2,1-2H3,(H,17,19)/b7-6+/t14-/m0/s1. The molecule has 1 amide bonds. The summed E-state index contributed by atoms with van der Waals surface area (Å²) in [6, 6.07) is 7.78. The van der Waals surface area contributed by atoms with Crippen molar-refractivity contribution in [3.05, 3.63) is 48.0 Å². The van der Waals surface area contributed by atoms with Crippen molar-refractivity contribution in [1.29, 1.82) is 0 Å². The molecule has 1 aromatic carbocycles. The summed E-state index contributed by atoms with van der Waals surface area (Å²) in [4.78, 5) is 34.3. The van der Waals surface area contributed by atoms with E-state index < -0.39 is 12.0 Å². The maximum atomic E-state index is 12.0. The van der Waals surface area contributed by atoms with E-state index >= 15 is 0 Å². The van der Waals surface area contributed by atoms with E-state index in [9.17, 15) is 14.4 Å². The Morgan fingerprint density at radius 1 is 1.18 bits per heavy atom. The first kappa shape index (κ1) is 17.4. The van der Waals surface area contributed by atoms with Crippen LogP contribution in [0, 0.1) is 0 Å². The van der Waals surface area contributed by atoms with Gasteiger partial charge in [0, 0.05) is 12.5 Å². The van der Waals surface area contributed by atoms with E-state index in [-0.39, 0.29) is 24.9 Å². The van der Waals surface area contributed by atoms with Gasteiger partial charge in [0.25, 0.3) is 5.91 Å². The van der Waals surface area contributed by atoms with Crippen LogP contribution in [-0.2, 0) is 19.1 Å². The summed E-state index contributed by atoms with van der Waals surface area (Å²) in [6.45, 7) is 1.43. The first-order chi connectivity index (χ1) is 10.5. The van der Waals surface area contributed by atoms with E-state index in [4.69, 9.17) is 4.74 Å². The number of ether oxygens (including phenoxy) is 2. The molecule has 1 aromatic rings. The van der Waals surface area contributed by atoms with Crippen molar-refractivity contribution in [2.75, 3.05) is 13.7 Å². The minimum absolute atomic E-state index is 0.121. The predicted molar refractivity (Wildman–Crippen MR) is 80.1 cm³/mol. The molecule has 0 radical (unpaired) electrons. The lowest BCUT2D eigenvalue weighted by atomic mass is 10.1. The van der Waals surface area contributed by atoms with Crippen molar-refractivity contribution >= 4 is 17.8 Å². The van der Waals surface area contributed by atoms with Crippen LogP contribution < -0.4 is 5.32 Å². The lowest BCUT2D eigenvalue weighted by Crippen LogP contribution is -2.41. The fourth-order valence-electron chi connectivity index (χ4n) is 1.65. The summed E-state index contributed by atoms with van der Waals surface area (Å²) >= 11 is 0. The summed E-state index contributed by atoms with van der Waals surface area (Å²) in [5, 5.41) is 2.61. The summed E-state index contributed by atoms with van der Waals surface area (Å²) in [6.07, 6.45) is 3.49. The molecule has 1 atom stereocenters. The zero-order valence-corrected chi connectivity index (χ0v) is 12.6. The van der Waals surface area contributed by atoms with Gasteiger partial charge in [-0.25, -0.2) is 4.79 Å². The van der Waals surface area contributed by atoms with Crippen LogP contribution in [0.3, 0.4) is 0 Å². The van der Waals surface area contributed by atoms with Gasteiger partial charge in [0.2, 0.25) is 0 Å². The predicted octanol–water partition coefficient (Wildman–Crippen LogP) is 1.47. The second-order valence-electron chi connectivity index (χ2n) is 4.42. The lowest BCUT2D eigenvalue weighted by molar-refractivity contribution is -0.143. The largest absolute Gasteiger partial charge is 0.467 e. The minimum Gasteiger partial charge on any atom is -0.467 e. The van der Waals surface area contributed by atoms with Crippen LogP contribution in [0.4, 0.5) is 0 Å². The number of amides is 1. The zero-order chi connectivity index (χ0) is 16.4. The van der Waals surface area contributed by atoms with Gasteiger partial charge in [-0.2, -0.15) is 0 Å². The Bertz CT molecular complexity index is 539. The van der Waals surface area contributed by atoms with Crippen LogP contribution in [-0.4, -0.2) is 37.6 Å². The number of esters is 2. The first-order valence-electron chi connectivity index (χ1n) is 6.76. The number of nitrogens with one attached hydrogen (secondary N) is 1. The fraction of sp³-hybridized carbons (Fsp3) is 0.312. The third kappa shape index (κ3) is 6.21. The summed E-state index contributed by atoms with van der Waals surface area (Å²) in [5.41, 5.74) is 0.459. The quantitative estimate of drug-likeness (QED) is 0.609. The van der Waals surface area contributed by atoms with Crippen molar-refractivity contribution in [2.24, 2.45) is 0 Å². The highest BCUT2D eigenvalue weighted by Crippen LogP contribution is 2.02. The van der Waals surface area contributed by atoms with E-state index in [1.807, 2.05) is 0 Å². The van der Waals surface area contributed by atoms with Gasteiger partial charge in [-0.1, -0.05) is 30.4 Å². The average molecular weight is 305 g/mol. The third-order valence-corrected chi connectivity index (χ3v) is 2.75. The second kappa shape index (κ2) is 9.33. The molecule has 1 N–H and O–H groups in total. The van der Waals surface area contributed by atoms with Crippen LogP contribution in [0.25, 0.3) is 0 Å². The zero-order valence-electron chi connectivity index (χ0n) is 12.6. The molecule has 0 aliphatic carbocycles. The monoisotopic (exact) mass is 305 g/mol. The molecule has 0 saturated heterocycles. The Labute approximate surface area is 129 Å². The smallest absolute Gasteiger partial charge is 0.328 e. The van der Waals surface area contributed by atoms with E-state index in [0.29, 0.717) is 5.56 Å². The van der Waals surface area contributed by atoms with Crippen molar-refractivity contribution < 1.29 is 23.9 Å². The molecule has 0 spiro atoms. The van der Waals surface area contributed by atoms with Gasteiger partial charge in [0.15, 0.2) is 0 Å². The normalized spacial score (nSPS) is 11.7. The Morgan fingerprint density at radius 2 is 1.86 bits per heavy atom. The molecule has 0 aliphatic heterocycles. The molecular formula is C16H19NO5. The molecule has 22 heavy (non-hydrogen) atoms. The van der Waals surface area contributed by atoms with Crippen LogP contribution in [0.5, 0.6) is 0 Å². The number of hydrogen-bond donors (Lipinski definition) is 1. The van der Waals surface area contributed by atoms with Gasteiger partial charge in [0.05, 0.1) is 7.11 Å². The molecule has 6 heteroatoms. The highest BCUT2D eigenvalue weighted by atomic mass is 16.5. The number of rotatable bonds is 7. The third-order valence-electron chi connectivity index (χ3n) is 2.75. The van der Waals surface area contributed by atoms with Crippen molar-refractivity contribution in [2.45, 2.75) is 19.4 Å². The molecule has 0 bridgehead atoms. The molecule has 0 aliphatic rings. The number of hydrogen-bond acceptors (Lipinski definition) is 5. The number of benzene rings is 1. The van der Waals surface area contributed by atoms with Crippen LogP contribution in [0.2, 0.25) is 0 Å². The molecule has 118 valence electrons. The summed E-state index contributed by atoms with van der Waals surface area (Å²) in [5.74, 6) is -1.28. The van der Waals surface area contributed by atoms with Crippen molar-refractivity contribution in [3.8, 4) is 0 Å². The van der Waals surface area contributed by atoms with Gasteiger partial charge in [-0.05, 0) is 18.6 Å². The van der Waals surface area contributed by atoms with E-state index in [0.717, 1.165) is 0 Å². The molecule has 6 nitrogen and oxygen atoms in total. The number of carbonyl (C=O) groups is 3. The number of methoxy groups -OCH3 is 1. The molecule has 0 heterocycles. The van der Waals surface area contributed by atoms with Crippen LogP contribution in [0.15, 0.2) is 42.5 Å². The van der Waals surface area contributed by atoms with E-state index in [1.165, 1.54) is 14.0 Å². The molecule has 0 fully saturated rings. The van der Waals surface area contributed by atoms with E-state index in [1.54, 1.807) is 42.5 Å². The number of carbonyl (C=O) groups excluding carboxylic acids is 3. The van der Waals surface area contributed by atoms with Gasteiger partial charge in [-0.15, -0.1) is 0 Å². The Kier molecular flexibility index (Phi) is 7.39. The highest BCUT2D eigenvalue weighted by molar-refractivity contribution is 5.96. The topological polar surface area (TPSA) is 81.7 Å². The molecule has 1 rings (SSSR count). The second-order valence-corrected chi connectivity index (χ2v) is 4.42. The highest BCUT2D eigenvalue weighted by Gasteiger charge is 2.20. The Morgan fingerprint density at radius 3 is 2.45 bits per heavy atom. The molecular weight excluding hydrogens is 286 g/mol.